The van der Waals surface area contributed by atoms with Crippen molar-refractivity contribution in [3.8, 4) is 0 Å². The van der Waals surface area contributed by atoms with Crippen molar-refractivity contribution in [3.63, 3.8) is 0 Å². The molecule has 0 radical (unpaired) electrons. The number of nitrogens with zero attached hydrogens (tertiary/aromatic N) is 1. The number of halogens is 2. The Labute approximate surface area is 113 Å². The van der Waals surface area contributed by atoms with Crippen LogP contribution in [0.5, 0.6) is 0 Å². The number of nitrogens with one attached hydrogen (secondary N) is 1. The molecule has 0 aliphatic carbocycles. The molecule has 3 N–H and O–H groups in total. The third-order valence-corrected chi connectivity index (χ3v) is 2.74. The van der Waals surface area contributed by atoms with Gasteiger partial charge in [0.1, 0.15) is 6.10 Å². The molecule has 1 aliphatic heterocycles. The largest absolute Gasteiger partial charge is 0.394 e. The number of hydrogen-bond acceptors (Lipinski definition) is 5. The molecule has 19 heavy (non-hydrogen) atoms. The zero-order valence-electron chi connectivity index (χ0n) is 9.99. The molecule has 0 spiro atoms. The second-order valence-corrected chi connectivity index (χ2v) is 4.04. The maximum atomic E-state index is 13.8. The number of urea groups is 1. The molecule has 1 fully saturated rings. The second-order valence-electron chi connectivity index (χ2n) is 3.77. The van der Waals surface area contributed by atoms with Crippen molar-refractivity contribution in [1.82, 2.24) is 10.2 Å². The van der Waals surface area contributed by atoms with E-state index in [1.807, 2.05) is 0 Å². The number of alkyl halides is 2. The van der Waals surface area contributed by atoms with Crippen LogP contribution in [0, 0.1) is 0 Å². The van der Waals surface area contributed by atoms with Crippen LogP contribution in [0.1, 0.15) is 0 Å². The number of rotatable bonds is 4. The number of ether oxygens (including phenoxy) is 1. The molecule has 0 aromatic heterocycles. The van der Waals surface area contributed by atoms with Gasteiger partial charge in [-0.3, -0.25) is 4.90 Å². The Morgan fingerprint density at radius 2 is 2.26 bits per heavy atom. The number of allylic oxidation sites excluding steroid dienone is 1. The van der Waals surface area contributed by atoms with Crippen molar-refractivity contribution in [2.75, 3.05) is 13.7 Å². The number of carbonyl (C=O) groups is 1. The lowest BCUT2D eigenvalue weighted by atomic mass is 10.1. The first-order valence-electron chi connectivity index (χ1n) is 5.34. The Kier molecular flexibility index (Phi) is 5.29. The van der Waals surface area contributed by atoms with Gasteiger partial charge >= 0.3 is 12.0 Å². The van der Waals surface area contributed by atoms with E-state index in [9.17, 15) is 18.7 Å². The first-order valence-corrected chi connectivity index (χ1v) is 5.81. The summed E-state index contributed by atoms with van der Waals surface area (Å²) in [6.07, 6.45) is -3.48. The van der Waals surface area contributed by atoms with Gasteiger partial charge in [0, 0.05) is 18.6 Å². The van der Waals surface area contributed by atoms with Crippen LogP contribution in [-0.2, 0) is 4.74 Å². The van der Waals surface area contributed by atoms with Crippen LogP contribution in [0.3, 0.4) is 0 Å². The summed E-state index contributed by atoms with van der Waals surface area (Å²) in [4.78, 5) is 12.1. The highest BCUT2D eigenvalue weighted by molar-refractivity contribution is 7.79. The SMILES string of the molecule is CNC(=O)N(/C=C\C=S)[C@@H]1O[C@H](CO)[C@@H](O)C1(F)F. The fraction of sp³-hybridized carbons (Fsp3) is 0.600. The third-order valence-electron chi connectivity index (χ3n) is 2.59. The Morgan fingerprint density at radius 1 is 1.63 bits per heavy atom. The summed E-state index contributed by atoms with van der Waals surface area (Å²) in [5, 5.41) is 21.5. The monoisotopic (exact) mass is 296 g/mol. The summed E-state index contributed by atoms with van der Waals surface area (Å²) < 4.78 is 32.5. The molecule has 1 saturated heterocycles. The number of carbonyl (C=O) groups excluding carboxylic acids is 1. The molecule has 0 aromatic carbocycles. The third kappa shape index (κ3) is 3.06. The van der Waals surface area contributed by atoms with Crippen molar-refractivity contribution in [2.24, 2.45) is 0 Å². The fourth-order valence-corrected chi connectivity index (χ4v) is 1.70. The van der Waals surface area contributed by atoms with E-state index in [2.05, 4.69) is 17.5 Å². The molecule has 0 aromatic rings. The van der Waals surface area contributed by atoms with E-state index in [-0.39, 0.29) is 0 Å². The lowest BCUT2D eigenvalue weighted by Crippen LogP contribution is -2.51. The fourth-order valence-electron chi connectivity index (χ4n) is 1.63. The average molecular weight is 296 g/mol. The number of thiocarbonyl (C=S) groups is 1. The molecule has 108 valence electrons. The van der Waals surface area contributed by atoms with Crippen molar-refractivity contribution in [2.45, 2.75) is 24.4 Å². The van der Waals surface area contributed by atoms with Gasteiger partial charge in [0.25, 0.3) is 0 Å². The highest BCUT2D eigenvalue weighted by Crippen LogP contribution is 2.38. The zero-order chi connectivity index (χ0) is 14.6. The van der Waals surface area contributed by atoms with Gasteiger partial charge in [-0.25, -0.2) is 4.79 Å². The molecular formula is C10H14F2N2O4S. The first-order chi connectivity index (χ1) is 8.89. The van der Waals surface area contributed by atoms with E-state index < -0.39 is 37.0 Å². The van der Waals surface area contributed by atoms with Gasteiger partial charge in [-0.2, -0.15) is 8.78 Å². The molecule has 0 saturated carbocycles. The van der Waals surface area contributed by atoms with Crippen LogP contribution >= 0.6 is 12.2 Å². The Bertz CT molecular complexity index is 381. The van der Waals surface area contributed by atoms with E-state index in [1.165, 1.54) is 13.1 Å². The minimum absolute atomic E-state index is 0.571. The van der Waals surface area contributed by atoms with Gasteiger partial charge in [-0.1, -0.05) is 12.2 Å². The minimum Gasteiger partial charge on any atom is -0.394 e. The van der Waals surface area contributed by atoms with Crippen LogP contribution in [0.4, 0.5) is 13.6 Å². The normalized spacial score (nSPS) is 29.4. The van der Waals surface area contributed by atoms with Crippen LogP contribution < -0.4 is 5.32 Å². The molecule has 2 amide bonds. The number of aliphatic hydroxyl groups is 2. The van der Waals surface area contributed by atoms with Gasteiger partial charge in [0.05, 0.1) is 6.61 Å². The van der Waals surface area contributed by atoms with Crippen LogP contribution in [-0.4, -0.2) is 64.5 Å². The highest BCUT2D eigenvalue weighted by atomic mass is 32.1. The molecule has 1 aliphatic rings. The Balaban J connectivity index is 3.05. The van der Waals surface area contributed by atoms with Gasteiger partial charge in [0.15, 0.2) is 6.10 Å². The van der Waals surface area contributed by atoms with Crippen LogP contribution in [0.15, 0.2) is 12.3 Å². The van der Waals surface area contributed by atoms with Crippen LogP contribution in [0.25, 0.3) is 0 Å². The molecule has 0 bridgehead atoms. The molecule has 0 unspecified atom stereocenters. The van der Waals surface area contributed by atoms with Crippen molar-refractivity contribution in [1.29, 1.82) is 0 Å². The van der Waals surface area contributed by atoms with Gasteiger partial charge in [-0.05, 0) is 6.08 Å². The maximum Gasteiger partial charge on any atom is 0.323 e. The van der Waals surface area contributed by atoms with Gasteiger partial charge < -0.3 is 20.3 Å². The van der Waals surface area contributed by atoms with E-state index in [4.69, 9.17) is 9.84 Å². The topological polar surface area (TPSA) is 82.0 Å². The van der Waals surface area contributed by atoms with E-state index in [1.54, 1.807) is 0 Å². The highest BCUT2D eigenvalue weighted by Gasteiger charge is 2.61. The van der Waals surface area contributed by atoms with Gasteiger partial charge in [-0.15, -0.1) is 0 Å². The molecule has 9 heteroatoms. The van der Waals surface area contributed by atoms with Crippen LogP contribution in [0.2, 0.25) is 0 Å². The smallest absolute Gasteiger partial charge is 0.323 e. The van der Waals surface area contributed by atoms with E-state index >= 15 is 0 Å². The predicted molar refractivity (Wildman–Crippen MR) is 65.8 cm³/mol. The van der Waals surface area contributed by atoms with E-state index in [0.29, 0.717) is 4.90 Å². The number of amides is 2. The van der Waals surface area contributed by atoms with E-state index in [0.717, 1.165) is 11.6 Å². The Hall–Kier alpha value is -1.16. The Morgan fingerprint density at radius 3 is 2.68 bits per heavy atom. The standard InChI is InChI=1S/C10H14F2N2O4S/c1-13-9(17)14(3-2-4-19)8-10(11,12)7(16)6(5-15)18-8/h2-4,6-8,15-16H,5H2,1H3,(H,13,17)/b3-2-/t6-,7-,8-/m1/s1. The summed E-state index contributed by atoms with van der Waals surface area (Å²) in [6, 6.07) is -0.858. The summed E-state index contributed by atoms with van der Waals surface area (Å²) in [5.41, 5.74) is 0. The lowest BCUT2D eigenvalue weighted by molar-refractivity contribution is -0.144. The summed E-state index contributed by atoms with van der Waals surface area (Å²) >= 11 is 4.51. The predicted octanol–water partition coefficient (Wildman–Crippen LogP) is -0.145. The van der Waals surface area contributed by atoms with Crippen molar-refractivity contribution < 1.29 is 28.5 Å². The minimum atomic E-state index is -3.72. The molecular weight excluding hydrogens is 282 g/mol. The quantitative estimate of drug-likeness (QED) is 0.497. The molecule has 6 nitrogen and oxygen atoms in total. The number of aliphatic hydroxyl groups excluding tert-OH is 2. The molecule has 1 heterocycles. The summed E-state index contributed by atoms with van der Waals surface area (Å²) in [7, 11) is 1.26. The second kappa shape index (κ2) is 6.33. The molecule has 3 atom stereocenters. The van der Waals surface area contributed by atoms with Crippen molar-refractivity contribution >= 4 is 23.6 Å². The summed E-state index contributed by atoms with van der Waals surface area (Å²) in [5.74, 6) is -3.72. The molecule has 1 rings (SSSR count). The zero-order valence-corrected chi connectivity index (χ0v) is 10.8. The first kappa shape index (κ1) is 15.9. The van der Waals surface area contributed by atoms with Crippen molar-refractivity contribution in [3.05, 3.63) is 12.3 Å². The maximum absolute atomic E-state index is 13.8. The number of hydrogen-bond donors (Lipinski definition) is 3. The van der Waals surface area contributed by atoms with Gasteiger partial charge in [0.2, 0.25) is 6.23 Å². The summed E-state index contributed by atoms with van der Waals surface area (Å²) in [6.45, 7) is -0.786. The average Bonchev–Trinajstić information content (AvgIpc) is 2.62. The lowest BCUT2D eigenvalue weighted by Gasteiger charge is -2.28.